The number of hydrogen-bond acceptors (Lipinski definition) is 2. The molecule has 84 valence electrons. The van der Waals surface area contributed by atoms with Crippen molar-refractivity contribution in [1.29, 1.82) is 0 Å². The van der Waals surface area contributed by atoms with Crippen LogP contribution in [0.4, 0.5) is 0 Å². The third-order valence-electron chi connectivity index (χ3n) is 2.78. The van der Waals surface area contributed by atoms with Gasteiger partial charge in [-0.2, -0.15) is 0 Å². The van der Waals surface area contributed by atoms with Gasteiger partial charge in [-0.1, -0.05) is 23.7 Å². The van der Waals surface area contributed by atoms with Crippen LogP contribution in [0.2, 0.25) is 5.02 Å². The highest BCUT2D eigenvalue weighted by molar-refractivity contribution is 6.35. The molecule has 0 fully saturated rings. The van der Waals surface area contributed by atoms with Crippen molar-refractivity contribution >= 4 is 33.5 Å². The van der Waals surface area contributed by atoms with E-state index in [1.807, 2.05) is 19.1 Å². The quantitative estimate of drug-likeness (QED) is 0.561. The molecule has 3 rings (SSSR count). The molecule has 0 spiro atoms. The maximum Gasteiger partial charge on any atom is 0.200 e. The molecule has 0 N–H and O–H groups in total. The molecule has 0 aliphatic carbocycles. The number of para-hydroxylation sites is 1. The summed E-state index contributed by atoms with van der Waals surface area (Å²) in [4.78, 5) is 12.3. The normalized spacial score (nSPS) is 11.2. The van der Waals surface area contributed by atoms with Gasteiger partial charge in [0.1, 0.15) is 5.58 Å². The van der Waals surface area contributed by atoms with Gasteiger partial charge in [0.05, 0.1) is 15.8 Å². The summed E-state index contributed by atoms with van der Waals surface area (Å²) in [6, 6.07) is 10.8. The van der Waals surface area contributed by atoms with Crippen LogP contribution in [0.3, 0.4) is 0 Å². The molecule has 17 heavy (non-hydrogen) atoms. The van der Waals surface area contributed by atoms with Crippen LogP contribution < -0.4 is 5.43 Å². The van der Waals surface area contributed by atoms with E-state index < -0.39 is 0 Å². The standard InChI is InChI=1S/C14H9ClO2/c1-8-6-10-13(16)9-4-2-3-5-12(9)17-14(10)11(15)7-8/h2-7H,1H3. The van der Waals surface area contributed by atoms with Gasteiger partial charge in [0.25, 0.3) is 0 Å². The van der Waals surface area contributed by atoms with Gasteiger partial charge in [-0.3, -0.25) is 4.79 Å². The highest BCUT2D eigenvalue weighted by atomic mass is 35.5. The van der Waals surface area contributed by atoms with E-state index >= 15 is 0 Å². The minimum absolute atomic E-state index is 0.0348. The molecule has 0 aliphatic heterocycles. The zero-order chi connectivity index (χ0) is 12.0. The first-order valence-corrected chi connectivity index (χ1v) is 5.66. The molecular formula is C14H9ClO2. The second-order valence-corrected chi connectivity index (χ2v) is 4.46. The van der Waals surface area contributed by atoms with E-state index in [1.165, 1.54) is 0 Å². The van der Waals surface area contributed by atoms with Crippen molar-refractivity contribution in [2.24, 2.45) is 0 Å². The molecule has 2 nitrogen and oxygen atoms in total. The minimum Gasteiger partial charge on any atom is -0.454 e. The van der Waals surface area contributed by atoms with E-state index in [2.05, 4.69) is 0 Å². The Morgan fingerprint density at radius 1 is 1.12 bits per heavy atom. The first-order chi connectivity index (χ1) is 8.16. The van der Waals surface area contributed by atoms with Gasteiger partial charge in [-0.15, -0.1) is 0 Å². The second-order valence-electron chi connectivity index (χ2n) is 4.05. The van der Waals surface area contributed by atoms with E-state index in [0.717, 1.165) is 5.56 Å². The third kappa shape index (κ3) is 1.53. The smallest absolute Gasteiger partial charge is 0.200 e. The van der Waals surface area contributed by atoms with Crippen LogP contribution in [0.15, 0.2) is 45.6 Å². The van der Waals surface area contributed by atoms with Crippen molar-refractivity contribution in [2.75, 3.05) is 0 Å². The molecule has 1 heterocycles. The van der Waals surface area contributed by atoms with Crippen LogP contribution in [0.5, 0.6) is 0 Å². The summed E-state index contributed by atoms with van der Waals surface area (Å²) in [5.41, 5.74) is 1.94. The average Bonchev–Trinajstić information content (AvgIpc) is 2.31. The summed E-state index contributed by atoms with van der Waals surface area (Å²) >= 11 is 6.10. The van der Waals surface area contributed by atoms with Gasteiger partial charge in [-0.05, 0) is 36.8 Å². The molecule has 3 aromatic rings. The lowest BCUT2D eigenvalue weighted by Gasteiger charge is -2.03. The number of rotatable bonds is 0. The van der Waals surface area contributed by atoms with Crippen molar-refractivity contribution in [3.8, 4) is 0 Å². The van der Waals surface area contributed by atoms with Crippen LogP contribution in [0.1, 0.15) is 5.56 Å². The molecule has 0 unspecified atom stereocenters. The zero-order valence-corrected chi connectivity index (χ0v) is 9.91. The fourth-order valence-corrected chi connectivity index (χ4v) is 2.31. The van der Waals surface area contributed by atoms with Crippen molar-refractivity contribution < 1.29 is 4.42 Å². The Morgan fingerprint density at radius 3 is 2.71 bits per heavy atom. The predicted octanol–water partition coefficient (Wildman–Crippen LogP) is 3.91. The van der Waals surface area contributed by atoms with Crippen LogP contribution >= 0.6 is 11.6 Å². The van der Waals surface area contributed by atoms with E-state index in [0.29, 0.717) is 27.0 Å². The van der Waals surface area contributed by atoms with Gasteiger partial charge in [-0.25, -0.2) is 0 Å². The first kappa shape index (κ1) is 10.4. The van der Waals surface area contributed by atoms with Crippen LogP contribution in [0.25, 0.3) is 21.9 Å². The second kappa shape index (κ2) is 3.60. The Labute approximate surface area is 102 Å². The van der Waals surface area contributed by atoms with E-state index in [1.54, 1.807) is 24.3 Å². The summed E-state index contributed by atoms with van der Waals surface area (Å²) in [6.45, 7) is 1.90. The van der Waals surface area contributed by atoms with Gasteiger partial charge >= 0.3 is 0 Å². The number of aryl methyl sites for hydroxylation is 1. The van der Waals surface area contributed by atoms with Crippen molar-refractivity contribution in [3.05, 3.63) is 57.2 Å². The van der Waals surface area contributed by atoms with Crippen LogP contribution in [-0.4, -0.2) is 0 Å². The lowest BCUT2D eigenvalue weighted by atomic mass is 10.1. The Balaban J connectivity index is 2.64. The maximum atomic E-state index is 12.3. The fraction of sp³-hybridized carbons (Fsp3) is 0.0714. The van der Waals surface area contributed by atoms with Gasteiger partial charge < -0.3 is 4.42 Å². The molecule has 0 saturated heterocycles. The maximum absolute atomic E-state index is 12.3. The lowest BCUT2D eigenvalue weighted by Crippen LogP contribution is -2.02. The summed E-state index contributed by atoms with van der Waals surface area (Å²) in [7, 11) is 0. The highest BCUT2D eigenvalue weighted by Gasteiger charge is 2.10. The molecule has 2 aromatic carbocycles. The molecule has 0 bridgehead atoms. The largest absolute Gasteiger partial charge is 0.454 e. The molecule has 3 heteroatoms. The SMILES string of the molecule is Cc1cc(Cl)c2oc3ccccc3c(=O)c2c1. The summed E-state index contributed by atoms with van der Waals surface area (Å²) in [6.07, 6.45) is 0. The van der Waals surface area contributed by atoms with Crippen LogP contribution in [0, 0.1) is 6.92 Å². The summed E-state index contributed by atoms with van der Waals surface area (Å²) < 4.78 is 5.68. The molecular weight excluding hydrogens is 236 g/mol. The van der Waals surface area contributed by atoms with Gasteiger partial charge in [0.2, 0.25) is 5.43 Å². The van der Waals surface area contributed by atoms with E-state index in [9.17, 15) is 4.79 Å². The first-order valence-electron chi connectivity index (χ1n) is 5.28. The monoisotopic (exact) mass is 244 g/mol. The number of fused-ring (bicyclic) bond motifs is 2. The van der Waals surface area contributed by atoms with Crippen molar-refractivity contribution in [3.63, 3.8) is 0 Å². The molecule has 0 radical (unpaired) electrons. The van der Waals surface area contributed by atoms with Crippen LogP contribution in [-0.2, 0) is 0 Å². The average molecular weight is 245 g/mol. The molecule has 0 saturated carbocycles. The topological polar surface area (TPSA) is 30.2 Å². The zero-order valence-electron chi connectivity index (χ0n) is 9.16. The number of hydrogen-bond donors (Lipinski definition) is 0. The van der Waals surface area contributed by atoms with E-state index in [-0.39, 0.29) is 5.43 Å². The lowest BCUT2D eigenvalue weighted by molar-refractivity contribution is 0.660. The number of halogens is 1. The minimum atomic E-state index is -0.0348. The number of benzene rings is 2. The van der Waals surface area contributed by atoms with Crippen molar-refractivity contribution in [2.45, 2.75) is 6.92 Å². The summed E-state index contributed by atoms with van der Waals surface area (Å²) in [5.74, 6) is 0. The van der Waals surface area contributed by atoms with Crippen molar-refractivity contribution in [1.82, 2.24) is 0 Å². The Kier molecular flexibility index (Phi) is 2.20. The molecule has 0 atom stereocenters. The predicted molar refractivity (Wildman–Crippen MR) is 69.7 cm³/mol. The Bertz CT molecular complexity index is 787. The highest BCUT2D eigenvalue weighted by Crippen LogP contribution is 2.26. The van der Waals surface area contributed by atoms with Gasteiger partial charge in [0.15, 0.2) is 5.58 Å². The molecule has 0 aliphatic rings. The third-order valence-corrected chi connectivity index (χ3v) is 3.06. The Morgan fingerprint density at radius 2 is 1.88 bits per heavy atom. The molecule has 1 aromatic heterocycles. The van der Waals surface area contributed by atoms with E-state index in [4.69, 9.17) is 16.0 Å². The van der Waals surface area contributed by atoms with Gasteiger partial charge in [0, 0.05) is 0 Å². The Hall–Kier alpha value is -1.80. The molecule has 0 amide bonds. The summed E-state index contributed by atoms with van der Waals surface area (Å²) in [5, 5.41) is 1.60. The fourth-order valence-electron chi connectivity index (χ4n) is 2.00.